The highest BCUT2D eigenvalue weighted by Gasteiger charge is 2.27. The third-order valence-corrected chi connectivity index (χ3v) is 5.20. The van der Waals surface area contributed by atoms with Crippen molar-refractivity contribution in [2.24, 2.45) is 0 Å². The summed E-state index contributed by atoms with van der Waals surface area (Å²) in [7, 11) is 0. The van der Waals surface area contributed by atoms with E-state index < -0.39 is 0 Å². The number of likely N-dealkylation sites (N-methyl/N-ethyl adjacent to an activating group) is 1. The molecule has 0 bridgehead atoms. The first-order valence-electron chi connectivity index (χ1n) is 9.54. The molecule has 146 valence electrons. The molecule has 1 N–H and O–H groups in total. The first kappa shape index (κ1) is 18.2. The van der Waals surface area contributed by atoms with Crippen LogP contribution in [-0.2, 0) is 4.79 Å². The second kappa shape index (κ2) is 7.84. The van der Waals surface area contributed by atoms with Crippen molar-refractivity contribution in [3.63, 3.8) is 0 Å². The zero-order valence-corrected chi connectivity index (χ0v) is 15.8. The predicted octanol–water partition coefficient (Wildman–Crippen LogP) is 2.63. The van der Waals surface area contributed by atoms with Crippen LogP contribution in [0, 0.1) is 0 Å². The minimum Gasteiger partial charge on any atom is -0.481 e. The minimum absolute atomic E-state index is 0.0188. The number of likely N-dealkylation sites (tertiary alicyclic amines) is 1. The van der Waals surface area contributed by atoms with Crippen molar-refractivity contribution in [2.75, 3.05) is 36.5 Å². The average Bonchev–Trinajstić information content (AvgIpc) is 2.74. The maximum Gasteiger partial charge on any atom is 0.321 e. The van der Waals surface area contributed by atoms with Crippen molar-refractivity contribution >= 4 is 23.3 Å². The van der Waals surface area contributed by atoms with Gasteiger partial charge in [-0.1, -0.05) is 0 Å². The Morgan fingerprint density at radius 3 is 3.04 bits per heavy atom. The van der Waals surface area contributed by atoms with Crippen LogP contribution in [0.2, 0.25) is 0 Å². The molecule has 2 aliphatic heterocycles. The summed E-state index contributed by atoms with van der Waals surface area (Å²) < 4.78 is 5.54. The fraction of sp³-hybridized carbons (Fsp3) is 0.400. The number of carbonyl (C=O) groups is 2. The van der Waals surface area contributed by atoms with Crippen LogP contribution in [0.15, 0.2) is 36.8 Å². The molecule has 1 fully saturated rings. The van der Waals surface area contributed by atoms with Crippen molar-refractivity contribution in [2.45, 2.75) is 25.7 Å². The van der Waals surface area contributed by atoms with Crippen LogP contribution in [0.25, 0.3) is 0 Å². The molecule has 0 spiro atoms. The van der Waals surface area contributed by atoms with E-state index in [1.165, 1.54) is 0 Å². The maximum atomic E-state index is 12.8. The SMILES string of the molecule is CCN1C(=O)COc2cc(NC(=O)N3CCC[C@H](c4ccncn4)C3)ccc21. The molecular weight excluding hydrogens is 358 g/mol. The molecule has 4 rings (SSSR count). The number of amides is 3. The second-order valence-corrected chi connectivity index (χ2v) is 6.96. The van der Waals surface area contributed by atoms with E-state index in [0.717, 1.165) is 24.2 Å². The van der Waals surface area contributed by atoms with Crippen LogP contribution >= 0.6 is 0 Å². The van der Waals surface area contributed by atoms with Gasteiger partial charge in [0.05, 0.1) is 5.69 Å². The average molecular weight is 381 g/mol. The maximum absolute atomic E-state index is 12.8. The van der Waals surface area contributed by atoms with Crippen LogP contribution < -0.4 is 15.0 Å². The van der Waals surface area contributed by atoms with Gasteiger partial charge >= 0.3 is 6.03 Å². The third-order valence-electron chi connectivity index (χ3n) is 5.20. The number of anilines is 2. The Bertz CT molecular complexity index is 873. The number of aromatic nitrogens is 2. The van der Waals surface area contributed by atoms with E-state index in [1.54, 1.807) is 29.6 Å². The molecule has 1 aromatic heterocycles. The number of benzene rings is 1. The molecule has 3 heterocycles. The summed E-state index contributed by atoms with van der Waals surface area (Å²) >= 11 is 0. The van der Waals surface area contributed by atoms with Gasteiger partial charge in [0.25, 0.3) is 5.91 Å². The van der Waals surface area contributed by atoms with E-state index in [4.69, 9.17) is 4.74 Å². The lowest BCUT2D eigenvalue weighted by Gasteiger charge is -2.32. The molecule has 0 radical (unpaired) electrons. The van der Waals surface area contributed by atoms with Gasteiger partial charge in [0, 0.05) is 49.2 Å². The van der Waals surface area contributed by atoms with E-state index in [1.807, 2.05) is 24.0 Å². The molecule has 0 saturated carbocycles. The first-order chi connectivity index (χ1) is 13.7. The van der Waals surface area contributed by atoms with Gasteiger partial charge in [-0.05, 0) is 38.0 Å². The molecule has 2 aromatic rings. The van der Waals surface area contributed by atoms with Gasteiger partial charge in [0.15, 0.2) is 6.61 Å². The zero-order valence-electron chi connectivity index (χ0n) is 15.8. The first-order valence-corrected chi connectivity index (χ1v) is 9.54. The summed E-state index contributed by atoms with van der Waals surface area (Å²) in [4.78, 5) is 36.5. The number of rotatable bonds is 3. The highest BCUT2D eigenvalue weighted by atomic mass is 16.5. The number of hydrogen-bond donors (Lipinski definition) is 1. The third kappa shape index (κ3) is 3.62. The number of ether oxygens (including phenoxy) is 1. The molecule has 2 aliphatic rings. The Morgan fingerprint density at radius 1 is 1.36 bits per heavy atom. The van der Waals surface area contributed by atoms with Gasteiger partial charge < -0.3 is 19.9 Å². The van der Waals surface area contributed by atoms with Gasteiger partial charge in [0.2, 0.25) is 0 Å². The lowest BCUT2D eigenvalue weighted by molar-refractivity contribution is -0.121. The molecule has 3 amide bonds. The number of urea groups is 1. The molecule has 0 aliphatic carbocycles. The molecule has 0 unspecified atom stereocenters. The number of nitrogens with one attached hydrogen (secondary N) is 1. The summed E-state index contributed by atoms with van der Waals surface area (Å²) in [6, 6.07) is 7.15. The summed E-state index contributed by atoms with van der Waals surface area (Å²) in [6.45, 7) is 3.87. The van der Waals surface area contributed by atoms with Crippen molar-refractivity contribution in [3.05, 3.63) is 42.5 Å². The van der Waals surface area contributed by atoms with Crippen LogP contribution in [0.4, 0.5) is 16.2 Å². The zero-order chi connectivity index (χ0) is 19.5. The summed E-state index contributed by atoms with van der Waals surface area (Å²) in [5, 5.41) is 2.95. The van der Waals surface area contributed by atoms with Crippen LogP contribution in [0.1, 0.15) is 31.4 Å². The van der Waals surface area contributed by atoms with Gasteiger partial charge in [-0.2, -0.15) is 0 Å². The van der Waals surface area contributed by atoms with E-state index >= 15 is 0 Å². The van der Waals surface area contributed by atoms with E-state index in [2.05, 4.69) is 15.3 Å². The Morgan fingerprint density at radius 2 is 2.25 bits per heavy atom. The topological polar surface area (TPSA) is 87.7 Å². The number of fused-ring (bicyclic) bond motifs is 1. The number of nitrogens with zero attached hydrogens (tertiary/aromatic N) is 4. The standard InChI is InChI=1S/C20H23N5O3/c1-2-25-17-6-5-15(10-18(17)28-12-19(25)26)23-20(27)24-9-3-4-14(11-24)16-7-8-21-13-22-16/h5-8,10,13-14H,2-4,9,11-12H2,1H3,(H,23,27)/t14-/m0/s1. The van der Waals surface area contributed by atoms with Crippen molar-refractivity contribution in [1.82, 2.24) is 14.9 Å². The molecule has 1 saturated heterocycles. The Balaban J connectivity index is 1.44. The van der Waals surface area contributed by atoms with Gasteiger partial charge in [-0.15, -0.1) is 0 Å². The largest absolute Gasteiger partial charge is 0.481 e. The Hall–Kier alpha value is -3.16. The lowest BCUT2D eigenvalue weighted by atomic mass is 9.95. The predicted molar refractivity (Wildman–Crippen MR) is 105 cm³/mol. The fourth-order valence-corrected chi connectivity index (χ4v) is 3.78. The Labute approximate surface area is 163 Å². The molecule has 1 aromatic carbocycles. The fourth-order valence-electron chi connectivity index (χ4n) is 3.78. The molecule has 1 atom stereocenters. The smallest absolute Gasteiger partial charge is 0.321 e. The highest BCUT2D eigenvalue weighted by Crippen LogP contribution is 2.34. The summed E-state index contributed by atoms with van der Waals surface area (Å²) in [5.41, 5.74) is 2.36. The quantitative estimate of drug-likeness (QED) is 0.883. The number of carbonyl (C=O) groups excluding carboxylic acids is 2. The monoisotopic (exact) mass is 381 g/mol. The van der Waals surface area contributed by atoms with E-state index in [0.29, 0.717) is 31.1 Å². The molecule has 8 heteroatoms. The van der Waals surface area contributed by atoms with Crippen molar-refractivity contribution < 1.29 is 14.3 Å². The van der Waals surface area contributed by atoms with Gasteiger partial charge in [-0.3, -0.25) is 4.79 Å². The summed E-state index contributed by atoms with van der Waals surface area (Å²) in [5.74, 6) is 0.770. The van der Waals surface area contributed by atoms with Crippen LogP contribution in [0.3, 0.4) is 0 Å². The van der Waals surface area contributed by atoms with Crippen LogP contribution in [0.5, 0.6) is 5.75 Å². The van der Waals surface area contributed by atoms with E-state index in [-0.39, 0.29) is 24.5 Å². The number of piperidine rings is 1. The van der Waals surface area contributed by atoms with Crippen LogP contribution in [-0.4, -0.2) is 53.0 Å². The van der Waals surface area contributed by atoms with Crippen molar-refractivity contribution in [1.29, 1.82) is 0 Å². The second-order valence-electron chi connectivity index (χ2n) is 6.96. The normalized spacial score (nSPS) is 19.0. The lowest BCUT2D eigenvalue weighted by Crippen LogP contribution is -2.42. The molecular formula is C20H23N5O3. The molecule has 8 nitrogen and oxygen atoms in total. The van der Waals surface area contributed by atoms with E-state index in [9.17, 15) is 9.59 Å². The van der Waals surface area contributed by atoms with Gasteiger partial charge in [0.1, 0.15) is 12.1 Å². The van der Waals surface area contributed by atoms with Crippen molar-refractivity contribution in [3.8, 4) is 5.75 Å². The summed E-state index contributed by atoms with van der Waals surface area (Å²) in [6.07, 6.45) is 5.22. The highest BCUT2D eigenvalue weighted by molar-refractivity contribution is 5.98. The number of hydrogen-bond acceptors (Lipinski definition) is 5. The molecule has 28 heavy (non-hydrogen) atoms. The Kier molecular flexibility index (Phi) is 5.10. The van der Waals surface area contributed by atoms with Gasteiger partial charge in [-0.25, -0.2) is 14.8 Å². The minimum atomic E-state index is -0.141.